The zero-order valence-electron chi connectivity index (χ0n) is 15.5. The number of sulfonamides is 1. The van der Waals surface area contributed by atoms with Crippen LogP contribution in [-0.2, 0) is 16.6 Å². The molecule has 0 aliphatic rings. The molecule has 1 heterocycles. The van der Waals surface area contributed by atoms with Crippen molar-refractivity contribution in [3.8, 4) is 11.3 Å². The summed E-state index contributed by atoms with van der Waals surface area (Å²) in [7, 11) is -3.71. The van der Waals surface area contributed by atoms with Gasteiger partial charge in [0.1, 0.15) is 11.5 Å². The number of furan rings is 1. The molecule has 0 saturated heterocycles. The van der Waals surface area contributed by atoms with Gasteiger partial charge in [0.25, 0.3) is 0 Å². The number of anilines is 1. The highest BCUT2D eigenvalue weighted by atomic mass is 32.2. The molecule has 3 aromatic rings. The lowest BCUT2D eigenvalue weighted by molar-refractivity contribution is 0.0981. The molecule has 0 radical (unpaired) electrons. The average Bonchev–Trinajstić information content (AvgIpc) is 3.15. The molecular weight excluding hydrogens is 376 g/mol. The zero-order valence-corrected chi connectivity index (χ0v) is 16.3. The number of hydrogen-bond acceptors (Lipinski definition) is 5. The fourth-order valence-corrected chi connectivity index (χ4v) is 3.29. The van der Waals surface area contributed by atoms with E-state index in [1.165, 1.54) is 12.1 Å². The summed E-state index contributed by atoms with van der Waals surface area (Å²) < 4.78 is 28.5. The van der Waals surface area contributed by atoms with Gasteiger partial charge in [-0.2, -0.15) is 0 Å². The summed E-state index contributed by atoms with van der Waals surface area (Å²) in [5.74, 6) is 1.52. The molecule has 28 heavy (non-hydrogen) atoms. The van der Waals surface area contributed by atoms with E-state index in [-0.39, 0.29) is 10.7 Å². The van der Waals surface area contributed by atoms with Crippen LogP contribution in [-0.4, -0.2) is 14.2 Å². The molecule has 2 aromatic carbocycles. The Balaban J connectivity index is 1.63. The summed E-state index contributed by atoms with van der Waals surface area (Å²) in [6.45, 7) is 2.47. The Bertz CT molecular complexity index is 1050. The maximum absolute atomic E-state index is 11.9. The number of primary sulfonamides is 1. The minimum absolute atomic E-state index is 0.0607. The summed E-state index contributed by atoms with van der Waals surface area (Å²) in [5.41, 5.74) is 2.37. The number of carbonyl (C=O) groups excluding carboxylic acids is 1. The van der Waals surface area contributed by atoms with E-state index in [1.807, 2.05) is 43.3 Å². The molecule has 0 amide bonds. The van der Waals surface area contributed by atoms with Crippen LogP contribution in [0.25, 0.3) is 11.3 Å². The number of nitrogens with one attached hydrogen (secondary N) is 1. The SMILES string of the molecule is CCCC(=O)c1ccc(NCc2ccc(-c3ccc(S(N)(=O)=O)cc3)o2)cc1. The van der Waals surface area contributed by atoms with Crippen LogP contribution >= 0.6 is 0 Å². The van der Waals surface area contributed by atoms with Crippen molar-refractivity contribution in [3.05, 3.63) is 72.0 Å². The van der Waals surface area contributed by atoms with Gasteiger partial charge in [-0.05, 0) is 67.1 Å². The van der Waals surface area contributed by atoms with E-state index in [0.29, 0.717) is 18.7 Å². The van der Waals surface area contributed by atoms with E-state index < -0.39 is 10.0 Å². The van der Waals surface area contributed by atoms with Crippen LogP contribution in [0.15, 0.2) is 70.0 Å². The number of carbonyl (C=O) groups is 1. The lowest BCUT2D eigenvalue weighted by Gasteiger charge is -2.06. The second kappa shape index (κ2) is 8.41. The topological polar surface area (TPSA) is 102 Å². The normalized spacial score (nSPS) is 11.4. The Labute approximate surface area is 164 Å². The molecular formula is C21H22N2O4S. The molecule has 1 aromatic heterocycles. The van der Waals surface area contributed by atoms with Crippen molar-refractivity contribution >= 4 is 21.5 Å². The first-order valence-electron chi connectivity index (χ1n) is 8.96. The molecule has 0 aliphatic heterocycles. The number of ketones is 1. The third-order valence-electron chi connectivity index (χ3n) is 4.28. The highest BCUT2D eigenvalue weighted by Gasteiger charge is 2.10. The summed E-state index contributed by atoms with van der Waals surface area (Å²) in [6, 6.07) is 17.3. The molecule has 3 N–H and O–H groups in total. The van der Waals surface area contributed by atoms with Crippen molar-refractivity contribution in [2.45, 2.75) is 31.2 Å². The summed E-state index contributed by atoms with van der Waals surface area (Å²) in [4.78, 5) is 11.9. The van der Waals surface area contributed by atoms with Gasteiger partial charge in [0.05, 0.1) is 11.4 Å². The van der Waals surface area contributed by atoms with Crippen molar-refractivity contribution in [1.29, 1.82) is 0 Å². The van der Waals surface area contributed by atoms with E-state index >= 15 is 0 Å². The van der Waals surface area contributed by atoms with Crippen molar-refractivity contribution in [2.75, 3.05) is 5.32 Å². The maximum atomic E-state index is 11.9. The molecule has 0 aliphatic carbocycles. The largest absolute Gasteiger partial charge is 0.459 e. The Morgan fingerprint density at radius 1 is 1.00 bits per heavy atom. The van der Waals surface area contributed by atoms with E-state index in [0.717, 1.165) is 29.0 Å². The van der Waals surface area contributed by atoms with Crippen LogP contribution in [0.1, 0.15) is 35.9 Å². The number of hydrogen-bond donors (Lipinski definition) is 2. The molecule has 146 valence electrons. The van der Waals surface area contributed by atoms with Crippen LogP contribution < -0.4 is 10.5 Å². The van der Waals surface area contributed by atoms with E-state index in [9.17, 15) is 13.2 Å². The lowest BCUT2D eigenvalue weighted by atomic mass is 10.1. The van der Waals surface area contributed by atoms with Crippen molar-refractivity contribution in [3.63, 3.8) is 0 Å². The van der Waals surface area contributed by atoms with Crippen LogP contribution in [0, 0.1) is 0 Å². The van der Waals surface area contributed by atoms with E-state index in [4.69, 9.17) is 9.56 Å². The van der Waals surface area contributed by atoms with Crippen molar-refractivity contribution in [2.24, 2.45) is 5.14 Å². The monoisotopic (exact) mass is 398 g/mol. The molecule has 0 bridgehead atoms. The Morgan fingerprint density at radius 3 is 2.29 bits per heavy atom. The fraction of sp³-hybridized carbons (Fsp3) is 0.190. The predicted molar refractivity (Wildman–Crippen MR) is 109 cm³/mol. The van der Waals surface area contributed by atoms with Crippen LogP contribution in [0.3, 0.4) is 0 Å². The lowest BCUT2D eigenvalue weighted by Crippen LogP contribution is -2.11. The first-order valence-corrected chi connectivity index (χ1v) is 10.5. The van der Waals surface area contributed by atoms with Gasteiger partial charge in [0, 0.05) is 23.2 Å². The minimum atomic E-state index is -3.71. The molecule has 7 heteroatoms. The predicted octanol–water partition coefficient (Wildman–Crippen LogP) is 4.19. The third-order valence-corrected chi connectivity index (χ3v) is 5.21. The summed E-state index contributed by atoms with van der Waals surface area (Å²) in [6.07, 6.45) is 1.39. The number of rotatable bonds is 8. The van der Waals surface area contributed by atoms with Gasteiger partial charge in [-0.3, -0.25) is 4.79 Å². The number of Topliss-reactive ketones (excluding diaryl/α,β-unsaturated/α-hetero) is 1. The van der Waals surface area contributed by atoms with Crippen molar-refractivity contribution in [1.82, 2.24) is 0 Å². The summed E-state index contributed by atoms with van der Waals surface area (Å²) >= 11 is 0. The smallest absolute Gasteiger partial charge is 0.238 e. The number of benzene rings is 2. The first-order chi connectivity index (χ1) is 13.4. The van der Waals surface area contributed by atoms with Crippen LogP contribution in [0.2, 0.25) is 0 Å². The second-order valence-corrected chi connectivity index (χ2v) is 8.00. The molecule has 0 spiro atoms. The zero-order chi connectivity index (χ0) is 20.1. The third kappa shape index (κ3) is 4.88. The van der Waals surface area contributed by atoms with Crippen LogP contribution in [0.5, 0.6) is 0 Å². The average molecular weight is 398 g/mol. The van der Waals surface area contributed by atoms with E-state index in [1.54, 1.807) is 12.1 Å². The molecule has 6 nitrogen and oxygen atoms in total. The van der Waals surface area contributed by atoms with Gasteiger partial charge in [-0.25, -0.2) is 13.6 Å². The Kier molecular flexibility index (Phi) is 5.96. The second-order valence-electron chi connectivity index (χ2n) is 6.44. The van der Waals surface area contributed by atoms with E-state index in [2.05, 4.69) is 5.32 Å². The van der Waals surface area contributed by atoms with Gasteiger partial charge in [-0.15, -0.1) is 0 Å². The molecule has 3 rings (SSSR count). The molecule has 0 saturated carbocycles. The standard InChI is InChI=1S/C21H22N2O4S/c1-2-3-20(24)15-4-8-17(9-5-15)23-14-18-10-13-21(27-18)16-6-11-19(12-7-16)28(22,25)26/h4-13,23H,2-3,14H2,1H3,(H2,22,25,26). The van der Waals surface area contributed by atoms with Gasteiger partial charge >= 0.3 is 0 Å². The van der Waals surface area contributed by atoms with Gasteiger partial charge in [0.15, 0.2) is 5.78 Å². The molecule has 0 fully saturated rings. The van der Waals surface area contributed by atoms with Gasteiger partial charge < -0.3 is 9.73 Å². The van der Waals surface area contributed by atoms with Gasteiger partial charge in [-0.1, -0.05) is 6.92 Å². The first kappa shape index (κ1) is 19.9. The Morgan fingerprint density at radius 2 is 1.68 bits per heavy atom. The minimum Gasteiger partial charge on any atom is -0.459 e. The van der Waals surface area contributed by atoms with Gasteiger partial charge in [0.2, 0.25) is 10.0 Å². The fourth-order valence-electron chi connectivity index (χ4n) is 2.77. The maximum Gasteiger partial charge on any atom is 0.238 e. The Hall–Kier alpha value is -2.90. The molecule has 0 atom stereocenters. The molecule has 0 unspecified atom stereocenters. The quantitative estimate of drug-likeness (QED) is 0.554. The highest BCUT2D eigenvalue weighted by molar-refractivity contribution is 7.89. The summed E-state index contributed by atoms with van der Waals surface area (Å²) in [5, 5.41) is 8.36. The van der Waals surface area contributed by atoms with Crippen molar-refractivity contribution < 1.29 is 17.6 Å². The number of nitrogens with two attached hydrogens (primary N) is 1. The van der Waals surface area contributed by atoms with Crippen LogP contribution in [0.4, 0.5) is 5.69 Å². The highest BCUT2D eigenvalue weighted by Crippen LogP contribution is 2.24.